The van der Waals surface area contributed by atoms with E-state index in [1.807, 2.05) is 6.92 Å². The van der Waals surface area contributed by atoms with Gasteiger partial charge in [-0.1, -0.05) is 32.6 Å². The number of hydrogen-bond acceptors (Lipinski definition) is 2. The molecule has 1 rings (SSSR count). The van der Waals surface area contributed by atoms with Crippen LogP contribution in [-0.2, 0) is 9.59 Å². The van der Waals surface area contributed by atoms with Crippen LogP contribution in [0.15, 0.2) is 12.2 Å². The summed E-state index contributed by atoms with van der Waals surface area (Å²) in [6, 6.07) is 0.0388. The predicted molar refractivity (Wildman–Crippen MR) is 59.2 cm³/mol. The highest BCUT2D eigenvalue weighted by molar-refractivity contribution is 6.13. The minimum absolute atomic E-state index is 0.0388. The van der Waals surface area contributed by atoms with Crippen LogP contribution >= 0.6 is 0 Å². The maximum Gasteiger partial charge on any atom is 0.253 e. The number of carbonyl (C=O) groups is 2. The monoisotopic (exact) mass is 209 g/mol. The zero-order valence-electron chi connectivity index (χ0n) is 9.53. The third-order valence-corrected chi connectivity index (χ3v) is 2.76. The number of imide groups is 1. The molecule has 1 aliphatic rings. The molecule has 0 unspecified atom stereocenters. The van der Waals surface area contributed by atoms with Crippen molar-refractivity contribution < 1.29 is 9.59 Å². The van der Waals surface area contributed by atoms with Crippen molar-refractivity contribution in [1.29, 1.82) is 0 Å². The largest absolute Gasteiger partial charge is 0.273 e. The zero-order chi connectivity index (χ0) is 11.3. The van der Waals surface area contributed by atoms with E-state index < -0.39 is 0 Å². The van der Waals surface area contributed by atoms with Gasteiger partial charge in [-0.3, -0.25) is 14.5 Å². The fourth-order valence-electron chi connectivity index (χ4n) is 1.84. The molecule has 0 saturated carbocycles. The molecule has 0 saturated heterocycles. The van der Waals surface area contributed by atoms with Gasteiger partial charge in [0.15, 0.2) is 0 Å². The van der Waals surface area contributed by atoms with E-state index in [0.717, 1.165) is 12.8 Å². The summed E-state index contributed by atoms with van der Waals surface area (Å²) in [5.74, 6) is -0.328. The van der Waals surface area contributed by atoms with Crippen LogP contribution in [0.25, 0.3) is 0 Å². The average Bonchev–Trinajstić information content (AvgIpc) is 2.53. The molecule has 0 N–H and O–H groups in total. The van der Waals surface area contributed by atoms with Gasteiger partial charge in [0, 0.05) is 18.2 Å². The molecule has 0 aromatic heterocycles. The van der Waals surface area contributed by atoms with E-state index in [-0.39, 0.29) is 17.9 Å². The third kappa shape index (κ3) is 3.18. The van der Waals surface area contributed by atoms with Crippen molar-refractivity contribution in [3.05, 3.63) is 12.2 Å². The Labute approximate surface area is 91.1 Å². The first kappa shape index (κ1) is 12.0. The predicted octanol–water partition coefficient (Wildman–Crippen LogP) is 2.27. The second-order valence-corrected chi connectivity index (χ2v) is 4.08. The number of rotatable bonds is 6. The molecule has 0 radical (unpaired) electrons. The van der Waals surface area contributed by atoms with Crippen molar-refractivity contribution in [2.75, 3.05) is 0 Å². The minimum atomic E-state index is -0.164. The number of nitrogens with zero attached hydrogens (tertiary/aromatic N) is 1. The van der Waals surface area contributed by atoms with E-state index in [2.05, 4.69) is 6.92 Å². The van der Waals surface area contributed by atoms with Crippen molar-refractivity contribution in [3.8, 4) is 0 Å². The molecule has 1 aliphatic heterocycles. The highest BCUT2D eigenvalue weighted by atomic mass is 16.2. The summed E-state index contributed by atoms with van der Waals surface area (Å²) in [5, 5.41) is 0. The molecule has 0 spiro atoms. The summed E-state index contributed by atoms with van der Waals surface area (Å²) in [7, 11) is 0. The van der Waals surface area contributed by atoms with Gasteiger partial charge in [0.2, 0.25) is 0 Å². The van der Waals surface area contributed by atoms with Crippen LogP contribution in [0.4, 0.5) is 0 Å². The van der Waals surface area contributed by atoms with Crippen LogP contribution < -0.4 is 0 Å². The Bertz CT molecular complexity index is 253. The standard InChI is InChI=1S/C12H19NO2/c1-3-4-5-6-7-10(2)13-11(14)8-9-12(13)15/h8-10H,3-7H2,1-2H3/t10-/m0/s1. The van der Waals surface area contributed by atoms with Gasteiger partial charge in [0.25, 0.3) is 11.8 Å². The average molecular weight is 209 g/mol. The fraction of sp³-hybridized carbons (Fsp3) is 0.667. The van der Waals surface area contributed by atoms with Gasteiger partial charge in [0.05, 0.1) is 0 Å². The maximum atomic E-state index is 11.3. The zero-order valence-corrected chi connectivity index (χ0v) is 9.53. The van der Waals surface area contributed by atoms with Gasteiger partial charge in [-0.2, -0.15) is 0 Å². The van der Waals surface area contributed by atoms with E-state index in [4.69, 9.17) is 0 Å². The number of unbranched alkanes of at least 4 members (excludes halogenated alkanes) is 3. The molecule has 0 fully saturated rings. The molecule has 0 aromatic rings. The molecular formula is C12H19NO2. The Morgan fingerprint density at radius 2 is 1.73 bits per heavy atom. The summed E-state index contributed by atoms with van der Waals surface area (Å²) >= 11 is 0. The van der Waals surface area contributed by atoms with E-state index in [1.165, 1.54) is 36.3 Å². The van der Waals surface area contributed by atoms with Crippen LogP contribution in [0.2, 0.25) is 0 Å². The SMILES string of the molecule is CCCCCC[C@H](C)N1C(=O)C=CC1=O. The van der Waals surface area contributed by atoms with Gasteiger partial charge >= 0.3 is 0 Å². The quantitative estimate of drug-likeness (QED) is 0.497. The Balaban J connectivity index is 2.31. The van der Waals surface area contributed by atoms with Crippen LogP contribution in [0.1, 0.15) is 46.0 Å². The molecule has 2 amide bonds. The molecular weight excluding hydrogens is 190 g/mol. The summed E-state index contributed by atoms with van der Waals surface area (Å²) in [5.41, 5.74) is 0. The van der Waals surface area contributed by atoms with Crippen molar-refractivity contribution in [3.63, 3.8) is 0 Å². The maximum absolute atomic E-state index is 11.3. The normalized spacial score (nSPS) is 17.6. The molecule has 84 valence electrons. The number of hydrogen-bond donors (Lipinski definition) is 0. The number of carbonyl (C=O) groups excluding carboxylic acids is 2. The summed E-state index contributed by atoms with van der Waals surface area (Å²) in [4.78, 5) is 24.0. The van der Waals surface area contributed by atoms with Gasteiger partial charge < -0.3 is 0 Å². The lowest BCUT2D eigenvalue weighted by molar-refractivity contribution is -0.139. The molecule has 3 heteroatoms. The Morgan fingerprint density at radius 1 is 1.13 bits per heavy atom. The Kier molecular flexibility index (Phi) is 4.53. The van der Waals surface area contributed by atoms with E-state index in [1.54, 1.807) is 0 Å². The molecule has 3 nitrogen and oxygen atoms in total. The lowest BCUT2D eigenvalue weighted by atomic mass is 10.1. The Morgan fingerprint density at radius 3 is 2.27 bits per heavy atom. The Hall–Kier alpha value is -1.12. The van der Waals surface area contributed by atoms with Crippen LogP contribution in [0.5, 0.6) is 0 Å². The molecule has 0 aromatic carbocycles. The minimum Gasteiger partial charge on any atom is -0.273 e. The van der Waals surface area contributed by atoms with E-state index in [9.17, 15) is 9.59 Å². The summed E-state index contributed by atoms with van der Waals surface area (Å²) < 4.78 is 0. The van der Waals surface area contributed by atoms with Gasteiger partial charge in [-0.25, -0.2) is 0 Å². The molecule has 1 atom stereocenters. The van der Waals surface area contributed by atoms with E-state index in [0.29, 0.717) is 0 Å². The lowest BCUT2D eigenvalue weighted by Gasteiger charge is -2.22. The van der Waals surface area contributed by atoms with Crippen molar-refractivity contribution >= 4 is 11.8 Å². The summed E-state index contributed by atoms with van der Waals surface area (Å²) in [6.45, 7) is 4.11. The van der Waals surface area contributed by atoms with Crippen molar-refractivity contribution in [2.45, 2.75) is 52.0 Å². The van der Waals surface area contributed by atoms with Crippen LogP contribution in [0, 0.1) is 0 Å². The van der Waals surface area contributed by atoms with Crippen LogP contribution in [-0.4, -0.2) is 22.8 Å². The second-order valence-electron chi connectivity index (χ2n) is 4.08. The topological polar surface area (TPSA) is 37.4 Å². The summed E-state index contributed by atoms with van der Waals surface area (Å²) in [6.07, 6.45) is 8.33. The molecule has 0 bridgehead atoms. The second kappa shape index (κ2) is 5.69. The first-order chi connectivity index (χ1) is 7.16. The van der Waals surface area contributed by atoms with Crippen molar-refractivity contribution in [2.24, 2.45) is 0 Å². The van der Waals surface area contributed by atoms with Gasteiger partial charge in [0.1, 0.15) is 0 Å². The van der Waals surface area contributed by atoms with Crippen molar-refractivity contribution in [1.82, 2.24) is 4.90 Å². The first-order valence-electron chi connectivity index (χ1n) is 5.72. The molecule has 15 heavy (non-hydrogen) atoms. The number of amides is 2. The lowest BCUT2D eigenvalue weighted by Crippen LogP contribution is -2.38. The highest BCUT2D eigenvalue weighted by Crippen LogP contribution is 2.14. The van der Waals surface area contributed by atoms with E-state index >= 15 is 0 Å². The smallest absolute Gasteiger partial charge is 0.253 e. The first-order valence-corrected chi connectivity index (χ1v) is 5.72. The van der Waals surface area contributed by atoms with Gasteiger partial charge in [-0.15, -0.1) is 0 Å². The van der Waals surface area contributed by atoms with Gasteiger partial charge in [-0.05, 0) is 13.3 Å². The highest BCUT2D eigenvalue weighted by Gasteiger charge is 2.27. The van der Waals surface area contributed by atoms with Crippen LogP contribution in [0.3, 0.4) is 0 Å². The third-order valence-electron chi connectivity index (χ3n) is 2.76. The molecule has 0 aliphatic carbocycles. The molecule has 1 heterocycles. The fourth-order valence-corrected chi connectivity index (χ4v) is 1.84.